The van der Waals surface area contributed by atoms with E-state index in [2.05, 4.69) is 10.4 Å². The molecule has 0 radical (unpaired) electrons. The number of benzene rings is 3. The number of aromatic amines is 1. The van der Waals surface area contributed by atoms with E-state index >= 15 is 0 Å². The second-order valence-electron chi connectivity index (χ2n) is 7.45. The molecule has 3 N–H and O–H groups in total. The molecule has 0 aliphatic carbocycles. The van der Waals surface area contributed by atoms with Crippen molar-refractivity contribution >= 4 is 10.9 Å². The first-order valence-electron chi connectivity index (χ1n) is 10.2. The van der Waals surface area contributed by atoms with Crippen LogP contribution in [0.2, 0.25) is 0 Å². The third-order valence-corrected chi connectivity index (χ3v) is 5.16. The number of hydrogen-bond donors (Lipinski definition) is 3. The highest BCUT2D eigenvalue weighted by Crippen LogP contribution is 2.34. The van der Waals surface area contributed by atoms with Crippen LogP contribution < -0.4 is 10.1 Å². The van der Waals surface area contributed by atoms with Gasteiger partial charge >= 0.3 is 6.18 Å². The Bertz CT molecular complexity index is 1230. The molecule has 0 saturated heterocycles. The molecule has 0 saturated carbocycles. The van der Waals surface area contributed by atoms with Gasteiger partial charge < -0.3 is 15.2 Å². The van der Waals surface area contributed by atoms with Crippen LogP contribution in [0.5, 0.6) is 5.75 Å². The molecule has 0 aliphatic rings. The first kappa shape index (κ1) is 22.8. The van der Waals surface area contributed by atoms with Crippen molar-refractivity contribution in [3.63, 3.8) is 0 Å². The predicted molar refractivity (Wildman–Crippen MR) is 116 cm³/mol. The minimum Gasteiger partial charge on any atom is -0.492 e. The fourth-order valence-corrected chi connectivity index (χ4v) is 3.48. The topological polar surface area (TPSA) is 70.2 Å². The summed E-state index contributed by atoms with van der Waals surface area (Å²) in [7, 11) is 0. The molecule has 1 heterocycles. The summed E-state index contributed by atoms with van der Waals surface area (Å²) in [6.07, 6.45) is -5.36. The van der Waals surface area contributed by atoms with Gasteiger partial charge in [0.1, 0.15) is 23.9 Å². The molecule has 33 heavy (non-hydrogen) atoms. The summed E-state index contributed by atoms with van der Waals surface area (Å²) < 4.78 is 58.5. The monoisotopic (exact) mass is 459 g/mol. The highest BCUT2D eigenvalue weighted by Gasteiger charge is 2.35. The van der Waals surface area contributed by atoms with Crippen molar-refractivity contribution < 1.29 is 27.4 Å². The minimum atomic E-state index is -4.51. The lowest BCUT2D eigenvalue weighted by molar-refractivity contribution is -0.139. The maximum absolute atomic E-state index is 14.2. The molecule has 3 aromatic carbocycles. The fourth-order valence-electron chi connectivity index (χ4n) is 3.48. The van der Waals surface area contributed by atoms with Crippen LogP contribution in [-0.4, -0.2) is 35.0 Å². The van der Waals surface area contributed by atoms with Gasteiger partial charge in [0.15, 0.2) is 0 Å². The number of H-pyrrole nitrogens is 1. The molecule has 5 nitrogen and oxygen atoms in total. The quantitative estimate of drug-likeness (QED) is 0.254. The normalized spacial score (nSPS) is 12.8. The predicted octanol–water partition coefficient (Wildman–Crippen LogP) is 5.09. The average Bonchev–Trinajstić information content (AvgIpc) is 3.23. The van der Waals surface area contributed by atoms with Crippen LogP contribution in [0.3, 0.4) is 0 Å². The fraction of sp³-hybridized carbons (Fsp3) is 0.208. The van der Waals surface area contributed by atoms with E-state index in [1.807, 2.05) is 23.3 Å². The number of fused-ring (bicyclic) bond motifs is 1. The van der Waals surface area contributed by atoms with Gasteiger partial charge in [-0.25, -0.2) is 4.39 Å². The molecule has 172 valence electrons. The Labute approximate surface area is 187 Å². The van der Waals surface area contributed by atoms with Gasteiger partial charge in [0.05, 0.1) is 11.6 Å². The van der Waals surface area contributed by atoms with Gasteiger partial charge in [0.25, 0.3) is 0 Å². The highest BCUT2D eigenvalue weighted by atomic mass is 19.4. The number of nitrogens with zero attached hydrogens (tertiary/aromatic N) is 1. The maximum Gasteiger partial charge on any atom is 0.433 e. The minimum absolute atomic E-state index is 0.0229. The number of aromatic nitrogens is 2. The second kappa shape index (κ2) is 9.60. The first-order chi connectivity index (χ1) is 15.8. The van der Waals surface area contributed by atoms with E-state index in [4.69, 9.17) is 4.74 Å². The Morgan fingerprint density at radius 1 is 1.03 bits per heavy atom. The van der Waals surface area contributed by atoms with Crippen LogP contribution in [-0.2, 0) is 6.18 Å². The van der Waals surface area contributed by atoms with Crippen molar-refractivity contribution in [1.29, 1.82) is 0 Å². The van der Waals surface area contributed by atoms with Gasteiger partial charge in [0.2, 0.25) is 0 Å². The molecule has 0 spiro atoms. The van der Waals surface area contributed by atoms with E-state index in [0.717, 1.165) is 5.56 Å². The van der Waals surface area contributed by atoms with E-state index < -0.39 is 18.0 Å². The number of nitrogens with one attached hydrogen (secondary N) is 2. The molecule has 0 bridgehead atoms. The van der Waals surface area contributed by atoms with Gasteiger partial charge in [-0.05, 0) is 35.4 Å². The molecule has 0 amide bonds. The Balaban J connectivity index is 1.29. The summed E-state index contributed by atoms with van der Waals surface area (Å²) in [4.78, 5) is 0. The summed E-state index contributed by atoms with van der Waals surface area (Å²) in [5.74, 6) is 0.0193. The zero-order valence-electron chi connectivity index (χ0n) is 17.4. The van der Waals surface area contributed by atoms with Crippen molar-refractivity contribution in [3.8, 4) is 16.9 Å². The number of hydrogen-bond acceptors (Lipinski definition) is 4. The number of aliphatic hydroxyl groups excluding tert-OH is 1. The molecule has 1 unspecified atom stereocenters. The molecule has 1 atom stereocenters. The van der Waals surface area contributed by atoms with Crippen LogP contribution in [0.4, 0.5) is 17.6 Å². The van der Waals surface area contributed by atoms with E-state index in [-0.39, 0.29) is 29.9 Å². The maximum atomic E-state index is 14.2. The van der Waals surface area contributed by atoms with Crippen LogP contribution in [0.25, 0.3) is 22.0 Å². The van der Waals surface area contributed by atoms with Crippen molar-refractivity contribution in [3.05, 3.63) is 83.8 Å². The third-order valence-electron chi connectivity index (χ3n) is 5.16. The van der Waals surface area contributed by atoms with Gasteiger partial charge in [-0.2, -0.15) is 18.3 Å². The Hall–Kier alpha value is -3.43. The molecule has 0 aliphatic heterocycles. The van der Waals surface area contributed by atoms with Gasteiger partial charge in [-0.15, -0.1) is 0 Å². The zero-order chi connectivity index (χ0) is 23.4. The van der Waals surface area contributed by atoms with Crippen LogP contribution >= 0.6 is 0 Å². The van der Waals surface area contributed by atoms with Crippen molar-refractivity contribution in [1.82, 2.24) is 15.5 Å². The van der Waals surface area contributed by atoms with Crippen molar-refractivity contribution in [2.75, 3.05) is 19.7 Å². The molecule has 4 aromatic rings. The number of alkyl halides is 3. The highest BCUT2D eigenvalue weighted by molar-refractivity contribution is 5.83. The molecule has 9 heteroatoms. The summed E-state index contributed by atoms with van der Waals surface area (Å²) in [5.41, 5.74) is 0.984. The average molecular weight is 459 g/mol. The smallest absolute Gasteiger partial charge is 0.433 e. The summed E-state index contributed by atoms with van der Waals surface area (Å²) in [6.45, 7) is 0.834. The van der Waals surface area contributed by atoms with Gasteiger partial charge in [-0.1, -0.05) is 36.4 Å². The van der Waals surface area contributed by atoms with E-state index in [1.54, 1.807) is 24.3 Å². The SMILES string of the molecule is OC(CNCCOc1ccc2c(C(F)(F)F)[nH]nc2c1)c1ccc(F)c(-c2ccccc2)c1. The number of ether oxygens (including phenoxy) is 1. The number of rotatable bonds is 8. The molecular formula is C24H21F4N3O2. The van der Waals surface area contributed by atoms with Gasteiger partial charge in [-0.3, -0.25) is 5.10 Å². The van der Waals surface area contributed by atoms with Crippen molar-refractivity contribution in [2.45, 2.75) is 12.3 Å². The standard InChI is InChI=1S/C24H21F4N3O2/c25-20-9-6-16(12-19(20)15-4-2-1-3-5-15)22(32)14-29-10-11-33-17-7-8-18-21(13-17)30-31-23(18)24(26,27)28/h1-9,12-13,22,29,32H,10-11,14H2,(H,30,31). The van der Waals surface area contributed by atoms with Crippen LogP contribution in [0.15, 0.2) is 66.7 Å². The Kier molecular flexibility index (Phi) is 6.62. The lowest BCUT2D eigenvalue weighted by Crippen LogP contribution is -2.26. The Morgan fingerprint density at radius 3 is 2.58 bits per heavy atom. The lowest BCUT2D eigenvalue weighted by atomic mass is 10.00. The summed E-state index contributed by atoms with van der Waals surface area (Å²) >= 11 is 0. The molecule has 1 aromatic heterocycles. The number of halogens is 4. The third kappa shape index (κ3) is 5.32. The summed E-state index contributed by atoms with van der Waals surface area (Å²) in [6, 6.07) is 17.8. The first-order valence-corrected chi connectivity index (χ1v) is 10.2. The van der Waals surface area contributed by atoms with Crippen molar-refractivity contribution in [2.24, 2.45) is 0 Å². The summed E-state index contributed by atoms with van der Waals surface area (Å²) in [5, 5.41) is 19.2. The Morgan fingerprint density at radius 2 is 1.82 bits per heavy atom. The second-order valence-corrected chi connectivity index (χ2v) is 7.45. The largest absolute Gasteiger partial charge is 0.492 e. The van der Waals surface area contributed by atoms with Gasteiger partial charge in [0, 0.05) is 30.1 Å². The van der Waals surface area contributed by atoms with E-state index in [1.165, 1.54) is 24.3 Å². The lowest BCUT2D eigenvalue weighted by Gasteiger charge is -2.14. The molecule has 4 rings (SSSR count). The number of aliphatic hydroxyl groups is 1. The zero-order valence-corrected chi connectivity index (χ0v) is 17.4. The molecular weight excluding hydrogens is 438 g/mol. The molecule has 0 fully saturated rings. The van der Waals surface area contributed by atoms with Crippen LogP contribution in [0.1, 0.15) is 17.4 Å². The van der Waals surface area contributed by atoms with E-state index in [9.17, 15) is 22.7 Å². The van der Waals surface area contributed by atoms with Crippen LogP contribution in [0, 0.1) is 5.82 Å². The van der Waals surface area contributed by atoms with E-state index in [0.29, 0.717) is 23.4 Å².